The lowest BCUT2D eigenvalue weighted by Gasteiger charge is -2.11. The smallest absolute Gasteiger partial charge is 0.324 e. The molecular weight excluding hydrogens is 368 g/mol. The fourth-order valence-electron chi connectivity index (χ4n) is 2.76. The van der Waals surface area contributed by atoms with Gasteiger partial charge in [0.1, 0.15) is 6.04 Å². The Labute approximate surface area is 157 Å². The average Bonchev–Trinajstić information content (AvgIpc) is 3.01. The zero-order chi connectivity index (χ0) is 19.4. The highest BCUT2D eigenvalue weighted by molar-refractivity contribution is 7.89. The lowest BCUT2D eigenvalue weighted by atomic mass is 10.1. The molecule has 0 aromatic heterocycles. The zero-order valence-corrected chi connectivity index (χ0v) is 15.6. The Morgan fingerprint density at radius 2 is 1.85 bits per heavy atom. The van der Waals surface area contributed by atoms with Gasteiger partial charge in [0, 0.05) is 12.1 Å². The molecule has 1 aliphatic rings. The standard InChI is InChI=1S/C19H20N2O5S/c1-13-4-2-3-5-14(13)12-18(22)20-15-6-8-16(9-7-15)27(24,25)21-17-10-11-26-19(17)23/h2-9,17,21H,10-12H2,1H3,(H,20,22). The number of esters is 1. The molecule has 1 amide bonds. The summed E-state index contributed by atoms with van der Waals surface area (Å²) in [6.07, 6.45) is 0.545. The predicted molar refractivity (Wildman–Crippen MR) is 99.6 cm³/mol. The maximum atomic E-state index is 12.3. The van der Waals surface area contributed by atoms with Crippen LogP contribution in [-0.2, 0) is 30.8 Å². The SMILES string of the molecule is Cc1ccccc1CC(=O)Nc1ccc(S(=O)(=O)NC2CCOC2=O)cc1. The Morgan fingerprint density at radius 3 is 2.48 bits per heavy atom. The van der Waals surface area contributed by atoms with Crippen LogP contribution in [0.2, 0.25) is 0 Å². The number of carbonyl (C=O) groups excluding carboxylic acids is 2. The quantitative estimate of drug-likeness (QED) is 0.735. The van der Waals surface area contributed by atoms with Crippen molar-refractivity contribution in [2.45, 2.75) is 30.7 Å². The van der Waals surface area contributed by atoms with E-state index in [4.69, 9.17) is 4.74 Å². The van der Waals surface area contributed by atoms with Gasteiger partial charge in [-0.05, 0) is 42.3 Å². The topological polar surface area (TPSA) is 102 Å². The Bertz CT molecular complexity index is 954. The Morgan fingerprint density at radius 1 is 1.15 bits per heavy atom. The van der Waals surface area contributed by atoms with Crippen molar-refractivity contribution in [3.05, 3.63) is 59.7 Å². The van der Waals surface area contributed by atoms with Crippen LogP contribution in [0, 0.1) is 6.92 Å². The molecule has 1 fully saturated rings. The molecule has 0 spiro atoms. The molecule has 0 radical (unpaired) electrons. The second kappa shape index (κ2) is 7.89. The summed E-state index contributed by atoms with van der Waals surface area (Å²) in [4.78, 5) is 23.6. The molecule has 27 heavy (non-hydrogen) atoms. The van der Waals surface area contributed by atoms with Crippen LogP contribution in [0.25, 0.3) is 0 Å². The van der Waals surface area contributed by atoms with Crippen LogP contribution in [0.15, 0.2) is 53.4 Å². The molecule has 1 heterocycles. The van der Waals surface area contributed by atoms with Crippen LogP contribution < -0.4 is 10.0 Å². The van der Waals surface area contributed by atoms with Gasteiger partial charge in [-0.3, -0.25) is 9.59 Å². The number of ether oxygens (including phenoxy) is 1. The number of cyclic esters (lactones) is 1. The Hall–Kier alpha value is -2.71. The van der Waals surface area contributed by atoms with Crippen molar-refractivity contribution in [3.8, 4) is 0 Å². The summed E-state index contributed by atoms with van der Waals surface area (Å²) in [5, 5.41) is 2.75. The van der Waals surface area contributed by atoms with Crippen molar-refractivity contribution in [3.63, 3.8) is 0 Å². The van der Waals surface area contributed by atoms with E-state index >= 15 is 0 Å². The van der Waals surface area contributed by atoms with Gasteiger partial charge in [-0.15, -0.1) is 0 Å². The minimum absolute atomic E-state index is 0.0131. The van der Waals surface area contributed by atoms with Gasteiger partial charge in [-0.2, -0.15) is 4.72 Å². The number of benzene rings is 2. The predicted octanol–water partition coefficient (Wildman–Crippen LogP) is 1.77. The third kappa shape index (κ3) is 4.72. The van der Waals surface area contributed by atoms with E-state index in [1.54, 1.807) is 0 Å². The van der Waals surface area contributed by atoms with E-state index in [2.05, 4.69) is 10.0 Å². The number of rotatable bonds is 6. The first kappa shape index (κ1) is 19.1. The number of anilines is 1. The lowest BCUT2D eigenvalue weighted by molar-refractivity contribution is -0.139. The molecule has 142 valence electrons. The second-order valence-electron chi connectivity index (χ2n) is 6.31. The molecule has 3 rings (SSSR count). The summed E-state index contributed by atoms with van der Waals surface area (Å²) >= 11 is 0. The number of carbonyl (C=O) groups is 2. The van der Waals surface area contributed by atoms with Crippen molar-refractivity contribution >= 4 is 27.6 Å². The maximum Gasteiger partial charge on any atom is 0.324 e. The summed E-state index contributed by atoms with van der Waals surface area (Å²) in [6, 6.07) is 12.5. The average molecular weight is 388 g/mol. The van der Waals surface area contributed by atoms with Gasteiger partial charge in [0.05, 0.1) is 17.9 Å². The highest BCUT2D eigenvalue weighted by atomic mass is 32.2. The minimum atomic E-state index is -3.84. The molecule has 7 nitrogen and oxygen atoms in total. The molecule has 2 N–H and O–H groups in total. The van der Waals surface area contributed by atoms with E-state index in [9.17, 15) is 18.0 Å². The highest BCUT2D eigenvalue weighted by Crippen LogP contribution is 2.17. The Balaban J connectivity index is 1.63. The van der Waals surface area contributed by atoms with Crippen molar-refractivity contribution in [2.75, 3.05) is 11.9 Å². The first-order valence-corrected chi connectivity index (χ1v) is 9.97. The molecule has 0 aliphatic carbocycles. The van der Waals surface area contributed by atoms with Crippen LogP contribution in [0.3, 0.4) is 0 Å². The van der Waals surface area contributed by atoms with Crippen molar-refractivity contribution in [2.24, 2.45) is 0 Å². The monoisotopic (exact) mass is 388 g/mol. The number of hydrogen-bond acceptors (Lipinski definition) is 5. The fraction of sp³-hybridized carbons (Fsp3) is 0.263. The zero-order valence-electron chi connectivity index (χ0n) is 14.8. The van der Waals surface area contributed by atoms with Crippen molar-refractivity contribution in [1.29, 1.82) is 0 Å². The van der Waals surface area contributed by atoms with Gasteiger partial charge >= 0.3 is 5.97 Å². The molecule has 2 aromatic rings. The van der Waals surface area contributed by atoms with Gasteiger partial charge in [0.2, 0.25) is 15.9 Å². The van der Waals surface area contributed by atoms with E-state index in [0.29, 0.717) is 12.1 Å². The normalized spacial score (nSPS) is 16.8. The molecule has 1 unspecified atom stereocenters. The highest BCUT2D eigenvalue weighted by Gasteiger charge is 2.31. The van der Waals surface area contributed by atoms with Gasteiger partial charge in [-0.1, -0.05) is 24.3 Å². The molecule has 1 saturated heterocycles. The third-order valence-corrected chi connectivity index (χ3v) is 5.78. The van der Waals surface area contributed by atoms with E-state index in [-0.39, 0.29) is 23.8 Å². The molecule has 1 atom stereocenters. The molecule has 0 bridgehead atoms. The van der Waals surface area contributed by atoms with E-state index < -0.39 is 22.0 Å². The summed E-state index contributed by atoms with van der Waals surface area (Å²) in [5.74, 6) is -0.759. The maximum absolute atomic E-state index is 12.3. The molecule has 0 saturated carbocycles. The molecule has 2 aromatic carbocycles. The van der Waals surface area contributed by atoms with Gasteiger partial charge in [-0.25, -0.2) is 8.42 Å². The molecular formula is C19H20N2O5S. The number of sulfonamides is 1. The minimum Gasteiger partial charge on any atom is -0.464 e. The summed E-state index contributed by atoms with van der Waals surface area (Å²) < 4.78 is 31.8. The lowest BCUT2D eigenvalue weighted by Crippen LogP contribution is -2.37. The summed E-state index contributed by atoms with van der Waals surface area (Å²) in [7, 11) is -3.84. The van der Waals surface area contributed by atoms with Crippen molar-refractivity contribution < 1.29 is 22.7 Å². The Kier molecular flexibility index (Phi) is 5.57. The van der Waals surface area contributed by atoms with Crippen molar-refractivity contribution in [1.82, 2.24) is 4.72 Å². The van der Waals surface area contributed by atoms with Crippen LogP contribution >= 0.6 is 0 Å². The number of hydrogen-bond donors (Lipinski definition) is 2. The first-order chi connectivity index (χ1) is 12.8. The van der Waals surface area contributed by atoms with Gasteiger partial charge in [0.25, 0.3) is 0 Å². The first-order valence-electron chi connectivity index (χ1n) is 8.48. The van der Waals surface area contributed by atoms with Crippen LogP contribution in [0.4, 0.5) is 5.69 Å². The third-order valence-electron chi connectivity index (χ3n) is 4.29. The summed E-state index contributed by atoms with van der Waals surface area (Å²) in [6.45, 7) is 2.15. The van der Waals surface area contributed by atoms with Gasteiger partial charge < -0.3 is 10.1 Å². The van der Waals surface area contributed by atoms with Crippen LogP contribution in [0.5, 0.6) is 0 Å². The summed E-state index contributed by atoms with van der Waals surface area (Å²) in [5.41, 5.74) is 2.46. The van der Waals surface area contributed by atoms with Gasteiger partial charge in [0.15, 0.2) is 0 Å². The fourth-order valence-corrected chi connectivity index (χ4v) is 3.98. The second-order valence-corrected chi connectivity index (χ2v) is 8.02. The number of amides is 1. The van der Waals surface area contributed by atoms with E-state index in [0.717, 1.165) is 11.1 Å². The number of nitrogens with one attached hydrogen (secondary N) is 2. The molecule has 1 aliphatic heterocycles. The van der Waals surface area contributed by atoms with E-state index in [1.165, 1.54) is 24.3 Å². The number of aryl methyl sites for hydroxylation is 1. The largest absolute Gasteiger partial charge is 0.464 e. The van der Waals surface area contributed by atoms with Crippen LogP contribution in [0.1, 0.15) is 17.5 Å². The van der Waals surface area contributed by atoms with Crippen LogP contribution in [-0.4, -0.2) is 32.9 Å². The molecule has 8 heteroatoms. The van der Waals surface area contributed by atoms with E-state index in [1.807, 2.05) is 31.2 Å².